The van der Waals surface area contributed by atoms with E-state index in [4.69, 9.17) is 22.6 Å². The summed E-state index contributed by atoms with van der Waals surface area (Å²) >= 11 is 0. The normalized spacial score (nSPS) is 13.6. The molecular weight excluding hydrogens is 642 g/mol. The smallest absolute Gasteiger partial charge is 0.346 e. The molecule has 0 fully saturated rings. The van der Waals surface area contributed by atoms with Gasteiger partial charge in [0.05, 0.1) is 33.5 Å². The summed E-state index contributed by atoms with van der Waals surface area (Å²) in [6.07, 6.45) is -1.72. The highest BCUT2D eigenvalue weighted by Gasteiger charge is 2.35. The summed E-state index contributed by atoms with van der Waals surface area (Å²) in [4.78, 5) is 8.09. The second-order valence-corrected chi connectivity index (χ2v) is 12.4. The number of nitrogens with zero attached hydrogens (tertiary/aromatic N) is 1. The number of ether oxygens (including phenoxy) is 3. The first-order valence-electron chi connectivity index (χ1n) is 12.7. The van der Waals surface area contributed by atoms with Gasteiger partial charge in [0.2, 0.25) is 29.0 Å². The van der Waals surface area contributed by atoms with Crippen LogP contribution in [0.5, 0.6) is 11.5 Å². The zero-order chi connectivity index (χ0) is 33.0. The summed E-state index contributed by atoms with van der Waals surface area (Å²) < 4.78 is 136. The minimum Gasteiger partial charge on any atom is -0.450 e. The van der Waals surface area contributed by atoms with E-state index in [1.165, 1.54) is 21.0 Å². The van der Waals surface area contributed by atoms with Gasteiger partial charge in [-0.05, 0) is 56.8 Å². The molecule has 0 aliphatic heterocycles. The fraction of sp³-hybridized carbons (Fsp3) is 0.385. The highest BCUT2D eigenvalue weighted by Crippen LogP contribution is 2.40. The van der Waals surface area contributed by atoms with E-state index in [1.807, 2.05) is 0 Å². The molecule has 0 radical (unpaired) electrons. The number of halogens is 4. The number of hydrogen-bond donors (Lipinski definition) is 0. The third-order valence-corrected chi connectivity index (χ3v) is 8.71. The lowest BCUT2D eigenvalue weighted by molar-refractivity contribution is -0.390. The van der Waals surface area contributed by atoms with Gasteiger partial charge in [-0.1, -0.05) is 0 Å². The molecule has 0 saturated heterocycles. The van der Waals surface area contributed by atoms with Gasteiger partial charge in [0.25, 0.3) is 20.2 Å². The summed E-state index contributed by atoms with van der Waals surface area (Å²) in [7, 11) is -7.77. The number of hydrogen-bond acceptors (Lipinski definition) is 11. The molecule has 12 nitrogen and oxygen atoms in total. The lowest BCUT2D eigenvalue weighted by atomic mass is 10.1. The van der Waals surface area contributed by atoms with Crippen molar-refractivity contribution in [3.05, 3.63) is 63.7 Å². The van der Waals surface area contributed by atoms with Gasteiger partial charge >= 0.3 is 5.69 Å². The van der Waals surface area contributed by atoms with Crippen LogP contribution in [0.1, 0.15) is 27.2 Å². The van der Waals surface area contributed by atoms with E-state index in [2.05, 4.69) is 0 Å². The molecule has 0 bridgehead atoms. The van der Waals surface area contributed by atoms with Gasteiger partial charge in [0.15, 0.2) is 0 Å². The fourth-order valence-electron chi connectivity index (χ4n) is 3.82. The van der Waals surface area contributed by atoms with Gasteiger partial charge in [-0.25, -0.2) is 0 Å². The number of benzene rings is 3. The standard InChI is InChI=1S/C26H27F4NO11S2/c1-5-39-13-15(3)42-43(34,35)17-6-7-19-16(10-17)11-18(44(36,37)41-14(2)8-9-38-4)12-20(19)40-26-23(29)21(27)25(31(32)33)22(28)24(26)30/h6-7,10-12,14-15H,5,8-9,13H2,1-4H3. The first-order valence-corrected chi connectivity index (χ1v) is 15.5. The second kappa shape index (κ2) is 14.1. The Hall–Kier alpha value is -3.42. The monoisotopic (exact) mass is 669 g/mol. The first kappa shape index (κ1) is 35.1. The van der Waals surface area contributed by atoms with E-state index in [-0.39, 0.29) is 30.4 Å². The molecule has 0 amide bonds. The van der Waals surface area contributed by atoms with Gasteiger partial charge in [0.1, 0.15) is 5.75 Å². The maximum atomic E-state index is 14.7. The number of rotatable bonds is 15. The van der Waals surface area contributed by atoms with Crippen molar-refractivity contribution in [2.75, 3.05) is 26.9 Å². The van der Waals surface area contributed by atoms with Crippen LogP contribution in [-0.2, 0) is 38.1 Å². The minimum absolute atomic E-state index is 0.0677. The predicted octanol–water partition coefficient (Wildman–Crippen LogP) is 5.36. The molecule has 3 aromatic rings. The Morgan fingerprint density at radius 3 is 2.00 bits per heavy atom. The van der Waals surface area contributed by atoms with E-state index in [9.17, 15) is 44.5 Å². The largest absolute Gasteiger partial charge is 0.450 e. The summed E-state index contributed by atoms with van der Waals surface area (Å²) in [5.74, 6) is -11.8. The SMILES string of the molecule is CCOCC(C)OS(=O)(=O)c1ccc2c(Oc3c(F)c(F)c([N+](=O)[O-])c(F)c3F)cc(S(=O)(=O)OC(C)CCOC)cc2c1. The van der Waals surface area contributed by atoms with Crippen molar-refractivity contribution in [2.45, 2.75) is 49.2 Å². The molecule has 0 aliphatic rings. The maximum absolute atomic E-state index is 14.7. The average Bonchev–Trinajstić information content (AvgIpc) is 2.95. The molecule has 2 atom stereocenters. The summed E-state index contributed by atoms with van der Waals surface area (Å²) in [5.41, 5.74) is -2.11. The van der Waals surface area contributed by atoms with Crippen molar-refractivity contribution in [3.8, 4) is 11.5 Å². The molecule has 0 heterocycles. The fourth-order valence-corrected chi connectivity index (χ4v) is 6.09. The van der Waals surface area contributed by atoms with Gasteiger partial charge in [-0.3, -0.25) is 18.5 Å². The van der Waals surface area contributed by atoms with E-state index in [1.54, 1.807) is 6.92 Å². The molecule has 0 aromatic heterocycles. The van der Waals surface area contributed by atoms with Crippen molar-refractivity contribution >= 4 is 36.7 Å². The molecule has 3 rings (SSSR count). The molecule has 44 heavy (non-hydrogen) atoms. The Bertz CT molecular complexity index is 1740. The number of nitro groups is 1. The molecule has 242 valence electrons. The van der Waals surface area contributed by atoms with Crippen LogP contribution in [0.4, 0.5) is 23.2 Å². The van der Waals surface area contributed by atoms with Crippen molar-refractivity contribution in [1.82, 2.24) is 0 Å². The molecule has 0 aliphatic carbocycles. The van der Waals surface area contributed by atoms with Crippen LogP contribution in [-0.4, -0.2) is 60.9 Å². The quantitative estimate of drug-likeness (QED) is 0.0675. The predicted molar refractivity (Wildman–Crippen MR) is 145 cm³/mol. The van der Waals surface area contributed by atoms with Crippen LogP contribution in [0, 0.1) is 33.4 Å². The Morgan fingerprint density at radius 2 is 1.43 bits per heavy atom. The maximum Gasteiger partial charge on any atom is 0.346 e. The molecule has 0 saturated carbocycles. The van der Waals surface area contributed by atoms with Crippen LogP contribution in [0.15, 0.2) is 40.1 Å². The van der Waals surface area contributed by atoms with Gasteiger partial charge in [-0.2, -0.15) is 34.4 Å². The van der Waals surface area contributed by atoms with Gasteiger partial charge < -0.3 is 14.2 Å². The van der Waals surface area contributed by atoms with E-state index >= 15 is 0 Å². The van der Waals surface area contributed by atoms with Crippen molar-refractivity contribution in [2.24, 2.45) is 0 Å². The van der Waals surface area contributed by atoms with Gasteiger partial charge in [-0.15, -0.1) is 0 Å². The summed E-state index contributed by atoms with van der Waals surface area (Å²) in [5, 5.41) is 10.5. The molecule has 0 spiro atoms. The van der Waals surface area contributed by atoms with Crippen LogP contribution >= 0.6 is 0 Å². The Morgan fingerprint density at radius 1 is 0.864 bits per heavy atom. The Balaban J connectivity index is 2.22. The molecule has 3 aromatic carbocycles. The number of nitro benzene ring substituents is 1. The zero-order valence-corrected chi connectivity index (χ0v) is 25.3. The zero-order valence-electron chi connectivity index (χ0n) is 23.6. The Kier molecular flexibility index (Phi) is 11.3. The molecular formula is C26H27F4NO11S2. The van der Waals surface area contributed by atoms with Gasteiger partial charge in [0, 0.05) is 31.8 Å². The minimum atomic E-state index is -4.69. The molecule has 0 N–H and O–H groups in total. The lowest BCUT2D eigenvalue weighted by Gasteiger charge is -2.17. The highest BCUT2D eigenvalue weighted by atomic mass is 32.2. The molecule has 2 unspecified atom stereocenters. The molecule has 18 heteroatoms. The number of methoxy groups -OCH3 is 1. The third kappa shape index (κ3) is 7.80. The van der Waals surface area contributed by atoms with Crippen LogP contribution in [0.3, 0.4) is 0 Å². The van der Waals surface area contributed by atoms with Crippen molar-refractivity contribution in [3.63, 3.8) is 0 Å². The van der Waals surface area contributed by atoms with Crippen LogP contribution < -0.4 is 4.74 Å². The van der Waals surface area contributed by atoms with Crippen LogP contribution in [0.25, 0.3) is 10.8 Å². The van der Waals surface area contributed by atoms with E-state index < -0.39 is 87.6 Å². The topological polar surface area (TPSA) is 158 Å². The number of fused-ring (bicyclic) bond motifs is 1. The van der Waals surface area contributed by atoms with Crippen LogP contribution in [0.2, 0.25) is 0 Å². The van der Waals surface area contributed by atoms with E-state index in [0.717, 1.165) is 24.3 Å². The first-order chi connectivity index (χ1) is 20.5. The lowest BCUT2D eigenvalue weighted by Crippen LogP contribution is -2.20. The Labute approximate surface area is 249 Å². The highest BCUT2D eigenvalue weighted by molar-refractivity contribution is 7.87. The third-order valence-electron chi connectivity index (χ3n) is 5.90. The summed E-state index contributed by atoms with van der Waals surface area (Å²) in [6.45, 7) is 4.88. The summed E-state index contributed by atoms with van der Waals surface area (Å²) in [6, 6.07) is 4.69. The second-order valence-electron chi connectivity index (χ2n) is 9.26. The van der Waals surface area contributed by atoms with Crippen molar-refractivity contribution < 1.29 is 61.9 Å². The van der Waals surface area contributed by atoms with Crippen molar-refractivity contribution in [1.29, 1.82) is 0 Å². The van der Waals surface area contributed by atoms with E-state index in [0.29, 0.717) is 12.7 Å². The average molecular weight is 670 g/mol.